The molecule has 0 saturated carbocycles. The first-order valence-corrected chi connectivity index (χ1v) is 9.49. The molecule has 1 aromatic carbocycles. The minimum atomic E-state index is -0.233. The third-order valence-electron chi connectivity index (χ3n) is 4.82. The molecule has 2 heterocycles. The van der Waals surface area contributed by atoms with E-state index in [1.165, 1.54) is 6.07 Å². The smallest absolute Gasteiger partial charge is 0.224 e. The summed E-state index contributed by atoms with van der Waals surface area (Å²) in [5.41, 5.74) is 1.41. The fourth-order valence-corrected chi connectivity index (χ4v) is 3.45. The van der Waals surface area contributed by atoms with Crippen LogP contribution in [-0.2, 0) is 11.3 Å². The van der Waals surface area contributed by atoms with Gasteiger partial charge in [0.05, 0.1) is 11.5 Å². The summed E-state index contributed by atoms with van der Waals surface area (Å²) in [6.07, 6.45) is 3.43. The summed E-state index contributed by atoms with van der Waals surface area (Å²) in [6, 6.07) is 12.1. The summed E-state index contributed by atoms with van der Waals surface area (Å²) in [7, 11) is 0. The number of nitrogens with one attached hydrogen (secondary N) is 2. The molecule has 0 radical (unpaired) electrons. The number of hydrogen-bond acceptors (Lipinski definition) is 5. The van der Waals surface area contributed by atoms with Crippen LogP contribution in [0.3, 0.4) is 0 Å². The Labute approximate surface area is 164 Å². The number of halogens is 1. The van der Waals surface area contributed by atoms with Gasteiger partial charge in [0.2, 0.25) is 5.91 Å². The molecular formula is C21H24FN5O. The number of piperidine rings is 1. The van der Waals surface area contributed by atoms with Crippen molar-refractivity contribution in [1.29, 1.82) is 5.26 Å². The maximum atomic E-state index is 13.4. The van der Waals surface area contributed by atoms with Crippen LogP contribution in [0.2, 0.25) is 0 Å². The van der Waals surface area contributed by atoms with Crippen LogP contribution in [0.4, 0.5) is 10.2 Å². The molecule has 7 heteroatoms. The van der Waals surface area contributed by atoms with E-state index in [2.05, 4.69) is 26.6 Å². The van der Waals surface area contributed by atoms with Crippen LogP contribution in [0, 0.1) is 23.1 Å². The second kappa shape index (κ2) is 9.81. The average molecular weight is 381 g/mol. The molecule has 1 saturated heterocycles. The predicted octanol–water partition coefficient (Wildman–Crippen LogP) is 2.53. The van der Waals surface area contributed by atoms with E-state index in [0.29, 0.717) is 37.6 Å². The highest BCUT2D eigenvalue weighted by molar-refractivity contribution is 5.79. The molecule has 1 amide bonds. The molecule has 6 nitrogen and oxygen atoms in total. The first-order valence-electron chi connectivity index (χ1n) is 9.49. The van der Waals surface area contributed by atoms with Crippen molar-refractivity contribution in [2.75, 3.05) is 31.5 Å². The van der Waals surface area contributed by atoms with E-state index in [-0.39, 0.29) is 17.6 Å². The number of aromatic nitrogens is 1. The molecule has 0 aliphatic carbocycles. The van der Waals surface area contributed by atoms with Gasteiger partial charge in [-0.25, -0.2) is 9.37 Å². The number of hydrogen-bond donors (Lipinski definition) is 2. The number of amides is 1. The van der Waals surface area contributed by atoms with Gasteiger partial charge in [-0.3, -0.25) is 9.69 Å². The Bertz CT molecular complexity index is 851. The minimum Gasteiger partial charge on any atom is -0.367 e. The lowest BCUT2D eigenvalue weighted by Crippen LogP contribution is -2.43. The number of likely N-dealkylation sites (tertiary alicyclic amines) is 1. The normalized spacial score (nSPS) is 16.9. The van der Waals surface area contributed by atoms with Gasteiger partial charge in [0.15, 0.2) is 0 Å². The third-order valence-corrected chi connectivity index (χ3v) is 4.82. The van der Waals surface area contributed by atoms with Gasteiger partial charge in [0.25, 0.3) is 0 Å². The number of anilines is 1. The number of nitrogens with zero attached hydrogens (tertiary/aromatic N) is 3. The van der Waals surface area contributed by atoms with Gasteiger partial charge in [0, 0.05) is 32.4 Å². The summed E-state index contributed by atoms with van der Waals surface area (Å²) >= 11 is 0. The van der Waals surface area contributed by atoms with Gasteiger partial charge in [-0.05, 0) is 49.2 Å². The maximum Gasteiger partial charge on any atom is 0.224 e. The number of carbonyl (C=O) groups is 1. The molecule has 1 unspecified atom stereocenters. The Hall–Kier alpha value is -2.98. The molecule has 2 N–H and O–H groups in total. The standard InChI is InChI=1S/C21H24FN5O/c22-19-7-1-4-16(12-19)14-27-11-3-6-18(15-27)21(28)26-10-9-25-20-17(13-23)5-2-8-24-20/h1-2,4-5,7-8,12,18H,3,6,9-11,14-15H2,(H,24,25)(H,26,28). The number of nitriles is 1. The molecule has 1 atom stereocenters. The third kappa shape index (κ3) is 5.51. The van der Waals surface area contributed by atoms with E-state index in [9.17, 15) is 9.18 Å². The molecule has 2 aromatic rings. The molecule has 146 valence electrons. The molecule has 1 aliphatic rings. The van der Waals surface area contributed by atoms with Crippen LogP contribution >= 0.6 is 0 Å². The molecule has 0 bridgehead atoms. The first kappa shape index (κ1) is 19.8. The van der Waals surface area contributed by atoms with Crippen molar-refractivity contribution in [1.82, 2.24) is 15.2 Å². The molecule has 0 spiro atoms. The van der Waals surface area contributed by atoms with Crippen LogP contribution in [0.15, 0.2) is 42.6 Å². The number of pyridine rings is 1. The maximum absolute atomic E-state index is 13.4. The SMILES string of the molecule is N#Cc1cccnc1NCCNC(=O)C1CCCN(Cc2cccc(F)c2)C1. The van der Waals surface area contributed by atoms with Crippen molar-refractivity contribution in [2.45, 2.75) is 19.4 Å². The summed E-state index contributed by atoms with van der Waals surface area (Å²) < 4.78 is 13.4. The van der Waals surface area contributed by atoms with Crippen LogP contribution in [0.1, 0.15) is 24.0 Å². The van der Waals surface area contributed by atoms with E-state index >= 15 is 0 Å². The summed E-state index contributed by atoms with van der Waals surface area (Å²) in [4.78, 5) is 18.8. The lowest BCUT2D eigenvalue weighted by Gasteiger charge is -2.32. The molecule has 3 rings (SSSR count). The molecular weight excluding hydrogens is 357 g/mol. The number of benzene rings is 1. The van der Waals surface area contributed by atoms with Gasteiger partial charge >= 0.3 is 0 Å². The minimum absolute atomic E-state index is 0.0345. The van der Waals surface area contributed by atoms with Crippen molar-refractivity contribution in [3.8, 4) is 6.07 Å². The Morgan fingerprint density at radius 3 is 3.04 bits per heavy atom. The zero-order chi connectivity index (χ0) is 19.8. The highest BCUT2D eigenvalue weighted by Crippen LogP contribution is 2.19. The van der Waals surface area contributed by atoms with Gasteiger partial charge in [0.1, 0.15) is 17.7 Å². The van der Waals surface area contributed by atoms with E-state index in [4.69, 9.17) is 5.26 Å². The predicted molar refractivity (Wildman–Crippen MR) is 105 cm³/mol. The molecule has 28 heavy (non-hydrogen) atoms. The summed E-state index contributed by atoms with van der Waals surface area (Å²) in [5.74, 6) is 0.265. The van der Waals surface area contributed by atoms with E-state index in [0.717, 1.165) is 24.9 Å². The van der Waals surface area contributed by atoms with Crippen molar-refractivity contribution in [3.63, 3.8) is 0 Å². The fraction of sp³-hybridized carbons (Fsp3) is 0.381. The van der Waals surface area contributed by atoms with Crippen molar-refractivity contribution < 1.29 is 9.18 Å². The number of rotatable bonds is 7. The van der Waals surface area contributed by atoms with Gasteiger partial charge < -0.3 is 10.6 Å². The van der Waals surface area contributed by atoms with Crippen LogP contribution in [0.5, 0.6) is 0 Å². The van der Waals surface area contributed by atoms with E-state index in [1.807, 2.05) is 6.07 Å². The van der Waals surface area contributed by atoms with Gasteiger partial charge in [-0.1, -0.05) is 12.1 Å². The Kier molecular flexibility index (Phi) is 6.93. The Morgan fingerprint density at radius 1 is 1.32 bits per heavy atom. The lowest BCUT2D eigenvalue weighted by atomic mass is 9.96. The van der Waals surface area contributed by atoms with Crippen molar-refractivity contribution >= 4 is 11.7 Å². The van der Waals surface area contributed by atoms with Crippen LogP contribution < -0.4 is 10.6 Å². The molecule has 1 aromatic heterocycles. The highest BCUT2D eigenvalue weighted by Gasteiger charge is 2.25. The fourth-order valence-electron chi connectivity index (χ4n) is 3.45. The van der Waals surface area contributed by atoms with Crippen molar-refractivity contribution in [2.24, 2.45) is 5.92 Å². The second-order valence-corrected chi connectivity index (χ2v) is 6.93. The largest absolute Gasteiger partial charge is 0.367 e. The number of carbonyl (C=O) groups excluding carboxylic acids is 1. The Morgan fingerprint density at radius 2 is 2.21 bits per heavy atom. The zero-order valence-corrected chi connectivity index (χ0v) is 15.7. The average Bonchev–Trinajstić information content (AvgIpc) is 2.71. The monoisotopic (exact) mass is 381 g/mol. The first-order chi connectivity index (χ1) is 13.7. The lowest BCUT2D eigenvalue weighted by molar-refractivity contribution is -0.126. The quantitative estimate of drug-likeness (QED) is 0.721. The van der Waals surface area contributed by atoms with Crippen molar-refractivity contribution in [3.05, 3.63) is 59.5 Å². The second-order valence-electron chi connectivity index (χ2n) is 6.93. The summed E-state index contributed by atoms with van der Waals surface area (Å²) in [6.45, 7) is 3.20. The topological polar surface area (TPSA) is 81.0 Å². The molecule has 1 aliphatic heterocycles. The van der Waals surface area contributed by atoms with E-state index in [1.54, 1.807) is 30.5 Å². The van der Waals surface area contributed by atoms with Crippen LogP contribution in [-0.4, -0.2) is 42.0 Å². The Balaban J connectivity index is 1.43. The van der Waals surface area contributed by atoms with Gasteiger partial charge in [-0.15, -0.1) is 0 Å². The highest BCUT2D eigenvalue weighted by atomic mass is 19.1. The zero-order valence-electron chi connectivity index (χ0n) is 15.7. The summed E-state index contributed by atoms with van der Waals surface area (Å²) in [5, 5.41) is 15.1. The van der Waals surface area contributed by atoms with Crippen LogP contribution in [0.25, 0.3) is 0 Å². The van der Waals surface area contributed by atoms with Gasteiger partial charge in [-0.2, -0.15) is 5.26 Å². The van der Waals surface area contributed by atoms with E-state index < -0.39 is 0 Å². The molecule has 1 fully saturated rings.